The van der Waals surface area contributed by atoms with Crippen LogP contribution in [-0.2, 0) is 11.3 Å². The summed E-state index contributed by atoms with van der Waals surface area (Å²) < 4.78 is 12.5. The van der Waals surface area contributed by atoms with E-state index in [-0.39, 0.29) is 18.1 Å². The van der Waals surface area contributed by atoms with E-state index in [0.717, 1.165) is 22.8 Å². The number of thiocarbonyl (C=S) groups is 1. The molecular weight excluding hydrogens is 436 g/mol. The van der Waals surface area contributed by atoms with Gasteiger partial charge in [-0.1, -0.05) is 6.07 Å². The lowest BCUT2D eigenvalue weighted by atomic mass is 10.0. The fraction of sp³-hybridized carbons (Fsp3) is 0.160. The lowest BCUT2D eigenvalue weighted by molar-refractivity contribution is 0.0600. The molecule has 1 fully saturated rings. The molecule has 3 aromatic heterocycles. The Morgan fingerprint density at radius 2 is 1.97 bits per heavy atom. The van der Waals surface area contributed by atoms with Gasteiger partial charge in [0.25, 0.3) is 0 Å². The summed E-state index contributed by atoms with van der Waals surface area (Å²) in [4.78, 5) is 18.6. The molecule has 1 aromatic carbocycles. The molecule has 7 nitrogen and oxygen atoms in total. The Kier molecular flexibility index (Phi) is 5.66. The Bertz CT molecular complexity index is 1250. The van der Waals surface area contributed by atoms with Gasteiger partial charge in [-0.3, -0.25) is 4.98 Å². The maximum absolute atomic E-state index is 11.8. The van der Waals surface area contributed by atoms with Crippen molar-refractivity contribution in [2.24, 2.45) is 0 Å². The zero-order chi connectivity index (χ0) is 22.8. The summed E-state index contributed by atoms with van der Waals surface area (Å²) >= 11 is 5.75. The van der Waals surface area contributed by atoms with Gasteiger partial charge in [-0.2, -0.15) is 0 Å². The van der Waals surface area contributed by atoms with Crippen molar-refractivity contribution in [2.75, 3.05) is 7.11 Å². The third-order valence-electron chi connectivity index (χ3n) is 5.75. The van der Waals surface area contributed by atoms with Crippen LogP contribution in [0.5, 0.6) is 0 Å². The highest BCUT2D eigenvalue weighted by Crippen LogP contribution is 2.40. The summed E-state index contributed by atoms with van der Waals surface area (Å²) in [5.41, 5.74) is 3.37. The average molecular weight is 459 g/mol. The summed E-state index contributed by atoms with van der Waals surface area (Å²) in [6, 6.07) is 20.8. The first-order valence-electron chi connectivity index (χ1n) is 10.5. The lowest BCUT2D eigenvalue weighted by Crippen LogP contribution is -2.29. The summed E-state index contributed by atoms with van der Waals surface area (Å²) in [7, 11) is 1.38. The second kappa shape index (κ2) is 8.91. The van der Waals surface area contributed by atoms with E-state index < -0.39 is 0 Å². The second-order valence-electron chi connectivity index (χ2n) is 7.68. The molecule has 0 saturated carbocycles. The quantitative estimate of drug-likeness (QED) is 0.339. The van der Waals surface area contributed by atoms with Crippen LogP contribution in [0.4, 0.5) is 0 Å². The van der Waals surface area contributed by atoms with Crippen molar-refractivity contribution >= 4 is 23.3 Å². The number of esters is 1. The van der Waals surface area contributed by atoms with E-state index >= 15 is 0 Å². The number of methoxy groups -OCH3 is 1. The van der Waals surface area contributed by atoms with Gasteiger partial charge < -0.3 is 23.9 Å². The van der Waals surface area contributed by atoms with Crippen molar-refractivity contribution < 1.29 is 13.9 Å². The molecule has 1 N–H and O–H groups in total. The SMILES string of the molecule is COC(=O)c1ccc(-n2cccc2[C@@H]2[C@@H](c3ccccn3)NC(=S)N2Cc2ccco2)cc1. The van der Waals surface area contributed by atoms with Crippen LogP contribution < -0.4 is 5.32 Å². The van der Waals surface area contributed by atoms with Crippen molar-refractivity contribution in [1.82, 2.24) is 19.8 Å². The molecule has 2 atom stereocenters. The van der Waals surface area contributed by atoms with Gasteiger partial charge in [0.2, 0.25) is 0 Å². The molecule has 33 heavy (non-hydrogen) atoms. The van der Waals surface area contributed by atoms with Crippen molar-refractivity contribution in [3.8, 4) is 5.69 Å². The number of benzene rings is 1. The molecule has 1 saturated heterocycles. The molecule has 0 radical (unpaired) electrons. The van der Waals surface area contributed by atoms with E-state index in [4.69, 9.17) is 21.4 Å². The van der Waals surface area contributed by atoms with Gasteiger partial charge in [-0.25, -0.2) is 4.79 Å². The zero-order valence-corrected chi connectivity index (χ0v) is 18.7. The third-order valence-corrected chi connectivity index (χ3v) is 6.11. The zero-order valence-electron chi connectivity index (χ0n) is 17.9. The maximum Gasteiger partial charge on any atom is 0.337 e. The summed E-state index contributed by atoms with van der Waals surface area (Å²) in [6.45, 7) is 0.527. The molecule has 0 amide bonds. The minimum atomic E-state index is -0.362. The largest absolute Gasteiger partial charge is 0.467 e. The summed E-state index contributed by atoms with van der Waals surface area (Å²) in [5.74, 6) is 0.464. The van der Waals surface area contributed by atoms with Gasteiger partial charge in [0.15, 0.2) is 5.11 Å². The van der Waals surface area contributed by atoms with Crippen LogP contribution in [-0.4, -0.2) is 32.6 Å². The predicted octanol–water partition coefficient (Wildman–Crippen LogP) is 4.42. The number of carbonyl (C=O) groups is 1. The molecule has 166 valence electrons. The second-order valence-corrected chi connectivity index (χ2v) is 8.06. The molecular formula is C25H22N4O3S. The molecule has 4 heterocycles. The summed E-state index contributed by atoms with van der Waals surface area (Å²) in [5, 5.41) is 4.10. The van der Waals surface area contributed by atoms with E-state index in [1.807, 2.05) is 54.7 Å². The molecule has 0 aliphatic carbocycles. The van der Waals surface area contributed by atoms with Crippen molar-refractivity contribution in [3.63, 3.8) is 0 Å². The fourth-order valence-electron chi connectivity index (χ4n) is 4.21. The Morgan fingerprint density at radius 1 is 1.12 bits per heavy atom. The van der Waals surface area contributed by atoms with Crippen LogP contribution in [0.25, 0.3) is 5.69 Å². The number of furan rings is 1. The minimum Gasteiger partial charge on any atom is -0.467 e. The Hall–Kier alpha value is -3.91. The summed E-state index contributed by atoms with van der Waals surface area (Å²) in [6.07, 6.45) is 5.46. The number of hydrogen-bond acceptors (Lipinski definition) is 5. The fourth-order valence-corrected chi connectivity index (χ4v) is 4.52. The topological polar surface area (TPSA) is 72.5 Å². The lowest BCUT2D eigenvalue weighted by Gasteiger charge is -2.28. The third kappa shape index (κ3) is 4.01. The Labute approximate surface area is 196 Å². The van der Waals surface area contributed by atoms with Crippen LogP contribution in [0.2, 0.25) is 0 Å². The molecule has 0 unspecified atom stereocenters. The van der Waals surface area contributed by atoms with E-state index in [0.29, 0.717) is 17.2 Å². The minimum absolute atomic E-state index is 0.132. The smallest absolute Gasteiger partial charge is 0.337 e. The van der Waals surface area contributed by atoms with Crippen LogP contribution in [0.15, 0.2) is 89.8 Å². The number of carbonyl (C=O) groups excluding carboxylic acids is 1. The van der Waals surface area contributed by atoms with Crippen molar-refractivity contribution in [1.29, 1.82) is 0 Å². The van der Waals surface area contributed by atoms with Gasteiger partial charge in [0.05, 0.1) is 43.3 Å². The Morgan fingerprint density at radius 3 is 2.67 bits per heavy atom. The van der Waals surface area contributed by atoms with E-state index in [9.17, 15) is 4.79 Å². The molecule has 0 bridgehead atoms. The predicted molar refractivity (Wildman–Crippen MR) is 127 cm³/mol. The number of nitrogens with one attached hydrogen (secondary N) is 1. The van der Waals surface area contributed by atoms with Gasteiger partial charge in [0.1, 0.15) is 5.76 Å². The molecule has 8 heteroatoms. The molecule has 5 rings (SSSR count). The van der Waals surface area contributed by atoms with Crippen LogP contribution >= 0.6 is 12.2 Å². The maximum atomic E-state index is 11.8. The first-order chi connectivity index (χ1) is 16.2. The highest BCUT2D eigenvalue weighted by Gasteiger charge is 2.41. The number of pyridine rings is 1. The standard InChI is InChI=1S/C25H22N4O3S/c1-31-24(30)17-9-11-18(12-10-17)28-14-4-8-21(28)23-22(20-7-2-3-13-26-20)27-25(33)29(23)16-19-6-5-15-32-19/h2-15,22-23H,16H2,1H3,(H,27,33)/t22-,23-/m1/s1. The highest BCUT2D eigenvalue weighted by atomic mass is 32.1. The average Bonchev–Trinajstić information content (AvgIpc) is 3.61. The molecule has 0 spiro atoms. The van der Waals surface area contributed by atoms with E-state index in [1.165, 1.54) is 7.11 Å². The number of ether oxygens (including phenoxy) is 1. The van der Waals surface area contributed by atoms with Crippen molar-refractivity contribution in [2.45, 2.75) is 18.6 Å². The molecule has 1 aliphatic rings. The normalized spacial score (nSPS) is 17.7. The first kappa shape index (κ1) is 21.0. The number of aromatic nitrogens is 2. The van der Waals surface area contributed by atoms with Gasteiger partial charge in [-0.15, -0.1) is 0 Å². The van der Waals surface area contributed by atoms with Gasteiger partial charge >= 0.3 is 5.97 Å². The van der Waals surface area contributed by atoms with Crippen molar-refractivity contribution in [3.05, 3.63) is 108 Å². The number of nitrogens with zero attached hydrogens (tertiary/aromatic N) is 3. The molecule has 1 aliphatic heterocycles. The van der Waals surface area contributed by atoms with Crippen LogP contribution in [0, 0.1) is 0 Å². The van der Waals surface area contributed by atoms with E-state index in [1.54, 1.807) is 24.6 Å². The first-order valence-corrected chi connectivity index (χ1v) is 10.9. The van der Waals surface area contributed by atoms with E-state index in [2.05, 4.69) is 25.8 Å². The number of rotatable bonds is 6. The monoisotopic (exact) mass is 458 g/mol. The number of hydrogen-bond donors (Lipinski definition) is 1. The Balaban J connectivity index is 1.56. The van der Waals surface area contributed by atoms with Crippen LogP contribution in [0.3, 0.4) is 0 Å². The molecule has 4 aromatic rings. The van der Waals surface area contributed by atoms with Gasteiger partial charge in [-0.05, 0) is 72.9 Å². The highest BCUT2D eigenvalue weighted by molar-refractivity contribution is 7.80. The van der Waals surface area contributed by atoms with Gasteiger partial charge in [0, 0.05) is 23.8 Å². The van der Waals surface area contributed by atoms with Crippen LogP contribution in [0.1, 0.15) is 39.6 Å².